The fourth-order valence-electron chi connectivity index (χ4n) is 1.45. The van der Waals surface area contributed by atoms with Gasteiger partial charge in [0, 0.05) is 6.07 Å². The molecule has 3 aromatic heterocycles. The second-order valence-corrected chi connectivity index (χ2v) is 4.82. The minimum atomic E-state index is -0.335. The molecule has 0 spiro atoms. The molecule has 0 radical (unpaired) electrons. The largest absolute Gasteiger partial charge is 0.383 e. The summed E-state index contributed by atoms with van der Waals surface area (Å²) in [6, 6.07) is 1.20. The van der Waals surface area contributed by atoms with Gasteiger partial charge >= 0.3 is 0 Å². The minimum absolute atomic E-state index is 0.0745. The summed E-state index contributed by atoms with van der Waals surface area (Å²) in [5.74, 6) is 0.134. The summed E-state index contributed by atoms with van der Waals surface area (Å²) in [7, 11) is 0. The summed E-state index contributed by atoms with van der Waals surface area (Å²) in [4.78, 5) is 25.9. The number of nitrogen functional groups attached to an aromatic ring is 1. The third-order valence-electron chi connectivity index (χ3n) is 2.18. The van der Waals surface area contributed by atoms with Gasteiger partial charge in [-0.1, -0.05) is 0 Å². The Hall–Kier alpha value is -2.13. The molecule has 3 rings (SSSR count). The Morgan fingerprint density at radius 3 is 2.95 bits per heavy atom. The van der Waals surface area contributed by atoms with Crippen LogP contribution in [0.15, 0.2) is 27.2 Å². The smallest absolute Gasteiger partial charge is 0.253 e. The quantitative estimate of drug-likeness (QED) is 0.472. The first-order chi connectivity index (χ1) is 9.11. The molecule has 3 aromatic rings. The SMILES string of the molecule is Nc1cc(=O)[nH]c(Sc2nc(Cl)nc3[nH]ncc23)n1. The van der Waals surface area contributed by atoms with Gasteiger partial charge in [-0.15, -0.1) is 0 Å². The Bertz CT molecular complexity index is 814. The lowest BCUT2D eigenvalue weighted by Gasteiger charge is -2.02. The second kappa shape index (κ2) is 4.52. The van der Waals surface area contributed by atoms with Crippen molar-refractivity contribution in [3.05, 3.63) is 27.9 Å². The van der Waals surface area contributed by atoms with E-state index in [9.17, 15) is 4.79 Å². The molecule has 3 heterocycles. The van der Waals surface area contributed by atoms with E-state index < -0.39 is 0 Å². The van der Waals surface area contributed by atoms with Gasteiger partial charge in [0.15, 0.2) is 10.8 Å². The molecule has 0 aromatic carbocycles. The number of nitrogens with zero attached hydrogens (tertiary/aromatic N) is 4. The van der Waals surface area contributed by atoms with E-state index in [1.165, 1.54) is 6.07 Å². The number of rotatable bonds is 2. The van der Waals surface area contributed by atoms with E-state index in [1.54, 1.807) is 6.20 Å². The van der Waals surface area contributed by atoms with Gasteiger partial charge in [-0.2, -0.15) is 10.1 Å². The first-order valence-electron chi connectivity index (χ1n) is 5.03. The molecule has 0 aliphatic carbocycles. The summed E-state index contributed by atoms with van der Waals surface area (Å²) >= 11 is 6.93. The molecule has 0 aliphatic rings. The molecule has 0 unspecified atom stereocenters. The summed E-state index contributed by atoms with van der Waals surface area (Å²) < 4.78 is 0. The van der Waals surface area contributed by atoms with E-state index in [2.05, 4.69) is 30.1 Å². The van der Waals surface area contributed by atoms with Crippen LogP contribution >= 0.6 is 23.4 Å². The first-order valence-corrected chi connectivity index (χ1v) is 6.22. The molecule has 19 heavy (non-hydrogen) atoms. The van der Waals surface area contributed by atoms with Crippen molar-refractivity contribution >= 4 is 40.2 Å². The maximum Gasteiger partial charge on any atom is 0.253 e. The lowest BCUT2D eigenvalue weighted by Crippen LogP contribution is -2.09. The average Bonchev–Trinajstić information content (AvgIpc) is 2.75. The zero-order valence-electron chi connectivity index (χ0n) is 9.22. The average molecular weight is 296 g/mol. The predicted molar refractivity (Wildman–Crippen MR) is 70.1 cm³/mol. The highest BCUT2D eigenvalue weighted by Crippen LogP contribution is 2.29. The molecule has 0 fully saturated rings. The highest BCUT2D eigenvalue weighted by molar-refractivity contribution is 7.99. The van der Waals surface area contributed by atoms with Crippen molar-refractivity contribution in [1.29, 1.82) is 0 Å². The van der Waals surface area contributed by atoms with E-state index in [-0.39, 0.29) is 16.7 Å². The zero-order chi connectivity index (χ0) is 13.4. The van der Waals surface area contributed by atoms with Crippen LogP contribution in [0.2, 0.25) is 5.28 Å². The van der Waals surface area contributed by atoms with Gasteiger partial charge in [0.25, 0.3) is 5.56 Å². The van der Waals surface area contributed by atoms with Gasteiger partial charge in [0.1, 0.15) is 10.8 Å². The van der Waals surface area contributed by atoms with Crippen LogP contribution in [0.25, 0.3) is 11.0 Å². The van der Waals surface area contributed by atoms with Crippen molar-refractivity contribution in [2.24, 2.45) is 0 Å². The third-order valence-corrected chi connectivity index (χ3v) is 3.24. The normalized spacial score (nSPS) is 11.0. The predicted octanol–water partition coefficient (Wildman–Crippen LogP) is 0.823. The maximum atomic E-state index is 11.3. The van der Waals surface area contributed by atoms with Crippen molar-refractivity contribution in [3.63, 3.8) is 0 Å². The van der Waals surface area contributed by atoms with Gasteiger partial charge in [0.05, 0.1) is 11.6 Å². The molecule has 0 amide bonds. The molecule has 0 atom stereocenters. The molecule has 8 nitrogen and oxygen atoms in total. The van der Waals surface area contributed by atoms with Crippen LogP contribution in [-0.4, -0.2) is 30.1 Å². The Kier molecular flexibility index (Phi) is 2.84. The van der Waals surface area contributed by atoms with Gasteiger partial charge in [-0.05, 0) is 23.4 Å². The summed E-state index contributed by atoms with van der Waals surface area (Å²) in [6.45, 7) is 0. The van der Waals surface area contributed by atoms with Crippen LogP contribution in [0.3, 0.4) is 0 Å². The van der Waals surface area contributed by atoms with Crippen LogP contribution in [0.5, 0.6) is 0 Å². The molecule has 96 valence electrons. The number of hydrogen-bond donors (Lipinski definition) is 3. The Morgan fingerprint density at radius 2 is 2.16 bits per heavy atom. The molecule has 0 aliphatic heterocycles. The molecule has 0 bridgehead atoms. The lowest BCUT2D eigenvalue weighted by atomic mass is 10.4. The zero-order valence-corrected chi connectivity index (χ0v) is 10.8. The number of anilines is 1. The van der Waals surface area contributed by atoms with Crippen LogP contribution in [0.1, 0.15) is 0 Å². The van der Waals surface area contributed by atoms with Crippen LogP contribution in [-0.2, 0) is 0 Å². The van der Waals surface area contributed by atoms with E-state index in [1.807, 2.05) is 0 Å². The van der Waals surface area contributed by atoms with E-state index in [0.717, 1.165) is 11.8 Å². The summed E-state index contributed by atoms with van der Waals surface area (Å²) in [5.41, 5.74) is 5.69. The maximum absolute atomic E-state index is 11.3. The number of H-pyrrole nitrogens is 2. The third kappa shape index (κ3) is 2.37. The van der Waals surface area contributed by atoms with Crippen molar-refractivity contribution in [2.45, 2.75) is 10.2 Å². The minimum Gasteiger partial charge on any atom is -0.383 e. The molecular formula is C9H6ClN7OS. The Balaban J connectivity index is 2.09. The molecule has 4 N–H and O–H groups in total. The Morgan fingerprint density at radius 1 is 1.32 bits per heavy atom. The van der Waals surface area contributed by atoms with Crippen LogP contribution in [0, 0.1) is 0 Å². The number of nitrogens with two attached hydrogens (primary N) is 1. The van der Waals surface area contributed by atoms with Gasteiger partial charge in [-0.3, -0.25) is 9.89 Å². The van der Waals surface area contributed by atoms with Crippen molar-refractivity contribution in [3.8, 4) is 0 Å². The Labute approximate surface area is 114 Å². The molecule has 0 saturated heterocycles. The van der Waals surface area contributed by atoms with Crippen LogP contribution in [0.4, 0.5) is 5.82 Å². The fourth-order valence-corrected chi connectivity index (χ4v) is 2.55. The molecule has 0 saturated carbocycles. The standard InChI is InChI=1S/C9H6ClN7OS/c10-8-15-6-3(2-12-17-6)7(16-8)19-9-13-4(11)1-5(18)14-9/h1-2H,(H3,11,13,14,18)(H,12,15,16,17). The highest BCUT2D eigenvalue weighted by atomic mass is 35.5. The highest BCUT2D eigenvalue weighted by Gasteiger charge is 2.11. The topological polar surface area (TPSA) is 126 Å². The fraction of sp³-hybridized carbons (Fsp3) is 0. The van der Waals surface area contributed by atoms with Gasteiger partial charge in [-0.25, -0.2) is 9.97 Å². The lowest BCUT2D eigenvalue weighted by molar-refractivity contribution is 0.940. The van der Waals surface area contributed by atoms with E-state index in [4.69, 9.17) is 17.3 Å². The van der Waals surface area contributed by atoms with Crippen molar-refractivity contribution in [2.75, 3.05) is 5.73 Å². The summed E-state index contributed by atoms with van der Waals surface area (Å²) in [5, 5.41) is 8.16. The monoisotopic (exact) mass is 295 g/mol. The van der Waals surface area contributed by atoms with Gasteiger partial charge < -0.3 is 10.7 Å². The number of nitrogens with one attached hydrogen (secondary N) is 2. The summed E-state index contributed by atoms with van der Waals surface area (Å²) in [6.07, 6.45) is 1.57. The van der Waals surface area contributed by atoms with Gasteiger partial charge in [0.2, 0.25) is 5.28 Å². The molecular weight excluding hydrogens is 290 g/mol. The number of hydrogen-bond acceptors (Lipinski definition) is 7. The number of fused-ring (bicyclic) bond motifs is 1. The van der Waals surface area contributed by atoms with Crippen molar-refractivity contribution in [1.82, 2.24) is 30.1 Å². The number of halogens is 1. The second-order valence-electron chi connectivity index (χ2n) is 3.51. The molecule has 10 heteroatoms. The number of aromatic nitrogens is 6. The van der Waals surface area contributed by atoms with E-state index >= 15 is 0 Å². The first kappa shape index (κ1) is 11.9. The van der Waals surface area contributed by atoms with Crippen molar-refractivity contribution < 1.29 is 0 Å². The van der Waals surface area contributed by atoms with Crippen LogP contribution < -0.4 is 11.3 Å². The number of aromatic amines is 2. The van der Waals surface area contributed by atoms with E-state index in [0.29, 0.717) is 21.2 Å².